The Bertz CT molecular complexity index is 1270. The number of nitrogens with one attached hydrogen (secondary N) is 1. The molecule has 5 rings (SSSR count). The van der Waals surface area contributed by atoms with Crippen molar-refractivity contribution in [1.29, 1.82) is 0 Å². The molecule has 0 saturated heterocycles. The number of oxazole rings is 1. The van der Waals surface area contributed by atoms with Crippen molar-refractivity contribution in [1.82, 2.24) is 19.5 Å². The molecule has 3 aromatic heterocycles. The van der Waals surface area contributed by atoms with Gasteiger partial charge in [0.1, 0.15) is 11.0 Å². The zero-order valence-electron chi connectivity index (χ0n) is 16.3. The van der Waals surface area contributed by atoms with Gasteiger partial charge in [0.15, 0.2) is 11.5 Å². The lowest BCUT2D eigenvalue weighted by molar-refractivity contribution is 0.577. The molecule has 1 fully saturated rings. The summed E-state index contributed by atoms with van der Waals surface area (Å²) in [7, 11) is 3.79. The number of thiazole rings is 1. The van der Waals surface area contributed by atoms with Gasteiger partial charge in [-0.15, -0.1) is 11.3 Å². The van der Waals surface area contributed by atoms with E-state index in [0.29, 0.717) is 29.1 Å². The van der Waals surface area contributed by atoms with Gasteiger partial charge in [-0.3, -0.25) is 0 Å². The number of aromatic nitrogens is 4. The van der Waals surface area contributed by atoms with Crippen LogP contribution < -0.4 is 15.9 Å². The molecule has 0 bridgehead atoms. The second-order valence-corrected chi connectivity index (χ2v) is 8.43. The van der Waals surface area contributed by atoms with Crippen LogP contribution in [-0.2, 0) is 0 Å². The molecule has 3 heterocycles. The van der Waals surface area contributed by atoms with Gasteiger partial charge in [-0.2, -0.15) is 9.97 Å². The van der Waals surface area contributed by atoms with E-state index in [-0.39, 0.29) is 5.69 Å². The lowest BCUT2D eigenvalue weighted by Crippen LogP contribution is -2.25. The third-order valence-corrected chi connectivity index (χ3v) is 5.96. The van der Waals surface area contributed by atoms with Crippen LogP contribution in [0.15, 0.2) is 39.7 Å². The Hall–Kier alpha value is -3.20. The number of rotatable bonds is 5. The van der Waals surface area contributed by atoms with Gasteiger partial charge in [0.25, 0.3) is 6.01 Å². The summed E-state index contributed by atoms with van der Waals surface area (Å²) in [6.07, 6.45) is 3.90. The second kappa shape index (κ2) is 6.70. The van der Waals surface area contributed by atoms with E-state index in [1.807, 2.05) is 50.2 Å². The maximum absolute atomic E-state index is 13.0. The SMILES string of the molecule is Cc1coc(Nc2cccc(-n3c(=O)nc(N(C)C)c4sc(C5CC5)nc43)c2)n1. The van der Waals surface area contributed by atoms with Crippen LogP contribution in [0.4, 0.5) is 17.5 Å². The molecule has 0 unspecified atom stereocenters. The minimum Gasteiger partial charge on any atom is -0.432 e. The largest absolute Gasteiger partial charge is 0.432 e. The zero-order chi connectivity index (χ0) is 20.1. The molecule has 1 aromatic carbocycles. The Balaban J connectivity index is 1.64. The Morgan fingerprint density at radius 2 is 2.07 bits per heavy atom. The summed E-state index contributed by atoms with van der Waals surface area (Å²) < 4.78 is 7.88. The molecule has 148 valence electrons. The van der Waals surface area contributed by atoms with Crippen LogP contribution in [0, 0.1) is 6.92 Å². The third kappa shape index (κ3) is 3.27. The first-order valence-corrected chi connectivity index (χ1v) is 10.2. The van der Waals surface area contributed by atoms with Crippen LogP contribution in [0.25, 0.3) is 16.0 Å². The van der Waals surface area contributed by atoms with Gasteiger partial charge in [-0.05, 0) is 38.0 Å². The van der Waals surface area contributed by atoms with E-state index in [1.54, 1.807) is 22.2 Å². The Morgan fingerprint density at radius 3 is 2.76 bits per heavy atom. The van der Waals surface area contributed by atoms with Gasteiger partial charge < -0.3 is 14.6 Å². The first-order valence-electron chi connectivity index (χ1n) is 9.40. The molecule has 1 aliphatic rings. The highest BCUT2D eigenvalue weighted by Gasteiger charge is 2.29. The molecule has 0 spiro atoms. The van der Waals surface area contributed by atoms with Crippen LogP contribution in [-0.4, -0.2) is 33.6 Å². The number of nitrogens with zero attached hydrogens (tertiary/aromatic N) is 5. The van der Waals surface area contributed by atoms with Crippen molar-refractivity contribution in [3.05, 3.63) is 51.7 Å². The van der Waals surface area contributed by atoms with Gasteiger partial charge >= 0.3 is 5.69 Å². The average Bonchev–Trinajstić information content (AvgIpc) is 3.32. The monoisotopic (exact) mass is 408 g/mol. The standard InChI is InChI=1S/C20H20N6O2S/c1-11-10-28-19(21-11)22-13-5-4-6-14(9-13)26-17-15(16(25(2)3)24-20(26)27)29-18(23-17)12-7-8-12/h4-6,9-10,12H,7-8H2,1-3H3,(H,21,22). The summed E-state index contributed by atoms with van der Waals surface area (Å²) in [6.45, 7) is 1.86. The summed E-state index contributed by atoms with van der Waals surface area (Å²) in [5.74, 6) is 1.17. The van der Waals surface area contributed by atoms with Crippen molar-refractivity contribution < 1.29 is 4.42 Å². The van der Waals surface area contributed by atoms with Crippen LogP contribution in [0.1, 0.15) is 29.5 Å². The molecule has 1 saturated carbocycles. The van der Waals surface area contributed by atoms with Gasteiger partial charge in [0.2, 0.25) is 0 Å². The number of hydrogen-bond donors (Lipinski definition) is 1. The molecule has 1 aliphatic carbocycles. The molecule has 0 aliphatic heterocycles. The lowest BCUT2D eigenvalue weighted by Gasteiger charge is -2.14. The number of benzene rings is 1. The highest BCUT2D eigenvalue weighted by molar-refractivity contribution is 7.19. The minimum atomic E-state index is -0.349. The van der Waals surface area contributed by atoms with Crippen LogP contribution >= 0.6 is 11.3 Å². The Labute approximate surface area is 170 Å². The molecule has 1 N–H and O–H groups in total. The van der Waals surface area contributed by atoms with Crippen molar-refractivity contribution in [3.63, 3.8) is 0 Å². The third-order valence-electron chi connectivity index (χ3n) is 4.76. The van der Waals surface area contributed by atoms with Crippen molar-refractivity contribution >= 4 is 39.2 Å². The number of fused-ring (bicyclic) bond motifs is 1. The predicted octanol–water partition coefficient (Wildman–Crippen LogP) is 3.83. The fourth-order valence-corrected chi connectivity index (χ4v) is 4.50. The summed E-state index contributed by atoms with van der Waals surface area (Å²) in [6, 6.07) is 7.92. The van der Waals surface area contributed by atoms with Crippen LogP contribution in [0.5, 0.6) is 0 Å². The molecular formula is C20H20N6O2S. The molecule has 0 amide bonds. The lowest BCUT2D eigenvalue weighted by atomic mass is 10.2. The van der Waals surface area contributed by atoms with E-state index >= 15 is 0 Å². The van der Waals surface area contributed by atoms with Crippen molar-refractivity contribution in [2.75, 3.05) is 24.3 Å². The Kier molecular flexibility index (Phi) is 4.13. The quantitative estimate of drug-likeness (QED) is 0.537. The number of hydrogen-bond acceptors (Lipinski definition) is 8. The summed E-state index contributed by atoms with van der Waals surface area (Å²) in [5.41, 5.74) is 2.56. The molecular weight excluding hydrogens is 388 g/mol. The van der Waals surface area contributed by atoms with Gasteiger partial charge in [-0.25, -0.2) is 14.3 Å². The smallest absolute Gasteiger partial charge is 0.355 e. The highest BCUT2D eigenvalue weighted by atomic mass is 32.1. The van der Waals surface area contributed by atoms with Crippen LogP contribution in [0.3, 0.4) is 0 Å². The predicted molar refractivity (Wildman–Crippen MR) is 114 cm³/mol. The van der Waals surface area contributed by atoms with E-state index in [1.165, 1.54) is 0 Å². The fourth-order valence-electron chi connectivity index (χ4n) is 3.21. The van der Waals surface area contributed by atoms with E-state index in [0.717, 1.165) is 33.9 Å². The maximum Gasteiger partial charge on any atom is 0.355 e. The highest BCUT2D eigenvalue weighted by Crippen LogP contribution is 2.44. The first kappa shape index (κ1) is 17.9. The van der Waals surface area contributed by atoms with Gasteiger partial charge in [-0.1, -0.05) is 6.07 Å². The van der Waals surface area contributed by atoms with Crippen molar-refractivity contribution in [3.8, 4) is 5.69 Å². The molecule has 0 atom stereocenters. The summed E-state index contributed by atoms with van der Waals surface area (Å²) in [4.78, 5) is 28.3. The minimum absolute atomic E-state index is 0.349. The zero-order valence-corrected chi connectivity index (χ0v) is 17.2. The maximum atomic E-state index is 13.0. The van der Waals surface area contributed by atoms with Crippen molar-refractivity contribution in [2.45, 2.75) is 25.7 Å². The second-order valence-electron chi connectivity index (χ2n) is 7.40. The molecule has 9 heteroatoms. The van der Waals surface area contributed by atoms with E-state index < -0.39 is 0 Å². The summed E-state index contributed by atoms with van der Waals surface area (Å²) in [5, 5.41) is 4.20. The van der Waals surface area contributed by atoms with E-state index in [9.17, 15) is 4.79 Å². The van der Waals surface area contributed by atoms with Gasteiger partial charge in [0.05, 0.1) is 16.4 Å². The molecule has 8 nitrogen and oxygen atoms in total. The topological polar surface area (TPSA) is 89.1 Å². The molecule has 0 radical (unpaired) electrons. The summed E-state index contributed by atoms with van der Waals surface area (Å²) >= 11 is 1.63. The average molecular weight is 408 g/mol. The van der Waals surface area contributed by atoms with Crippen molar-refractivity contribution in [2.24, 2.45) is 0 Å². The van der Waals surface area contributed by atoms with E-state index in [4.69, 9.17) is 9.40 Å². The normalized spacial score (nSPS) is 13.8. The number of aryl methyl sites for hydroxylation is 1. The Morgan fingerprint density at radius 1 is 1.24 bits per heavy atom. The molecule has 29 heavy (non-hydrogen) atoms. The number of anilines is 3. The molecule has 4 aromatic rings. The fraction of sp³-hybridized carbons (Fsp3) is 0.300. The van der Waals surface area contributed by atoms with E-state index in [2.05, 4.69) is 15.3 Å². The van der Waals surface area contributed by atoms with Gasteiger partial charge in [0, 0.05) is 25.7 Å². The first-order chi connectivity index (χ1) is 14.0. The van der Waals surface area contributed by atoms with Crippen LogP contribution in [0.2, 0.25) is 0 Å².